The van der Waals surface area contributed by atoms with Crippen LogP contribution in [0.1, 0.15) is 159 Å². The minimum atomic E-state index is -1.68. The van der Waals surface area contributed by atoms with Crippen molar-refractivity contribution in [3.8, 4) is 23.3 Å². The molecule has 3 fully saturated rings. The molecule has 14 atom stereocenters. The van der Waals surface area contributed by atoms with Crippen LogP contribution in [0.25, 0.3) is 0 Å². The van der Waals surface area contributed by atoms with Crippen LogP contribution < -0.4 is 15.4 Å². The summed E-state index contributed by atoms with van der Waals surface area (Å²) in [6.07, 6.45) is 9.96. The topological polar surface area (TPSA) is 224 Å². The number of likely N-dealkylation sites (N-methyl/N-ethyl adjacent to an activating group) is 1. The quantitative estimate of drug-likeness (QED) is 0.0459. The van der Waals surface area contributed by atoms with Crippen LogP contribution in [0.4, 0.5) is 5.69 Å². The molecule has 0 saturated heterocycles. The first-order valence-corrected chi connectivity index (χ1v) is 28.9. The number of phenolic OH excluding ortho intramolecular Hbond substituents is 1. The summed E-state index contributed by atoms with van der Waals surface area (Å²) in [6, 6.07) is 13.3. The van der Waals surface area contributed by atoms with Crippen molar-refractivity contribution in [2.75, 3.05) is 32.6 Å². The number of ether oxygens (including phenoxy) is 3. The van der Waals surface area contributed by atoms with E-state index in [1.54, 1.807) is 7.05 Å². The van der Waals surface area contributed by atoms with Crippen molar-refractivity contribution >= 4 is 23.4 Å². The number of anilines is 1. The third-order valence-corrected chi connectivity index (χ3v) is 19.5. The summed E-state index contributed by atoms with van der Waals surface area (Å²) < 4.78 is 18.4. The molecule has 3 aromatic carbocycles. The molecule has 10 bridgehead atoms. The van der Waals surface area contributed by atoms with Crippen LogP contribution in [0.15, 0.2) is 66.3 Å². The molecule has 416 valence electrons. The number of aliphatic hydroxyl groups is 5. The lowest BCUT2D eigenvalue weighted by Gasteiger charge is -2.58. The van der Waals surface area contributed by atoms with Gasteiger partial charge in [-0.2, -0.15) is 0 Å². The van der Waals surface area contributed by atoms with Crippen molar-refractivity contribution in [2.24, 2.45) is 29.6 Å². The Balaban J connectivity index is 1.14. The second kappa shape index (κ2) is 22.3. The lowest BCUT2D eigenvalue weighted by molar-refractivity contribution is -0.221. The summed E-state index contributed by atoms with van der Waals surface area (Å²) in [5.41, 5.74) is 2.88. The predicted octanol–water partition coefficient (Wildman–Crippen LogP) is 7.23. The van der Waals surface area contributed by atoms with Crippen LogP contribution in [-0.2, 0) is 49.5 Å². The first-order chi connectivity index (χ1) is 37.5. The molecular formula is C64H78N2O12. The average molecular weight is 1070 g/mol. The van der Waals surface area contributed by atoms with Crippen molar-refractivity contribution in [1.29, 1.82) is 0 Å². The number of aliphatic hydroxyl groups excluding tert-OH is 3. The fourth-order valence-corrected chi connectivity index (χ4v) is 15.4. The van der Waals surface area contributed by atoms with E-state index >= 15 is 4.79 Å². The number of esters is 2. The normalized spacial score (nSPS) is 33.0. The lowest BCUT2D eigenvalue weighted by Crippen LogP contribution is -2.65. The summed E-state index contributed by atoms with van der Waals surface area (Å²) in [5, 5.41) is 80.5. The van der Waals surface area contributed by atoms with Crippen LogP contribution in [0.5, 0.6) is 11.5 Å². The van der Waals surface area contributed by atoms with Gasteiger partial charge in [0.2, 0.25) is 0 Å². The second-order valence-corrected chi connectivity index (χ2v) is 24.4. The number of aromatic hydroxyl groups is 1. The van der Waals surface area contributed by atoms with E-state index in [0.29, 0.717) is 84.2 Å². The van der Waals surface area contributed by atoms with Gasteiger partial charge >= 0.3 is 11.9 Å². The fraction of sp³-hybridized carbons (Fsp3) is 0.578. The monoisotopic (exact) mass is 1070 g/mol. The van der Waals surface area contributed by atoms with Gasteiger partial charge in [-0.3, -0.25) is 9.59 Å². The predicted molar refractivity (Wildman–Crippen MR) is 293 cm³/mol. The number of benzene rings is 3. The van der Waals surface area contributed by atoms with Gasteiger partial charge in [-0.1, -0.05) is 73.6 Å². The molecule has 0 radical (unpaired) electrons. The number of allylic oxidation sites excluding steroid dienone is 2. The first kappa shape index (κ1) is 54.6. The van der Waals surface area contributed by atoms with Crippen molar-refractivity contribution in [1.82, 2.24) is 5.32 Å². The Kier molecular flexibility index (Phi) is 15.6. The molecule has 0 aromatic heterocycles. The van der Waals surface area contributed by atoms with Gasteiger partial charge in [0, 0.05) is 73.2 Å². The molecule has 0 spiro atoms. The summed E-state index contributed by atoms with van der Waals surface area (Å²) in [4.78, 5) is 44.2. The highest BCUT2D eigenvalue weighted by molar-refractivity contribution is 5.89. The maximum atomic E-state index is 15.9. The van der Waals surface area contributed by atoms with Gasteiger partial charge < -0.3 is 55.5 Å². The number of rotatable bonds is 9. The number of ketones is 1. The molecule has 8 N–H and O–H groups in total. The van der Waals surface area contributed by atoms with Gasteiger partial charge in [-0.15, -0.1) is 0 Å². The number of methoxy groups -OCH3 is 1. The molecule has 14 heteroatoms. The number of nitrogens with one attached hydrogen (secondary N) is 2. The summed E-state index contributed by atoms with van der Waals surface area (Å²) in [6.45, 7) is 1.33. The molecule has 5 aliphatic carbocycles. The minimum Gasteiger partial charge on any atom is -0.507 e. The van der Waals surface area contributed by atoms with Gasteiger partial charge in [0.1, 0.15) is 40.7 Å². The molecular weight excluding hydrogens is 989 g/mol. The van der Waals surface area contributed by atoms with Crippen molar-refractivity contribution in [2.45, 2.75) is 175 Å². The Morgan fingerprint density at radius 2 is 1.68 bits per heavy atom. The molecule has 14 nitrogen and oxygen atoms in total. The van der Waals surface area contributed by atoms with Crippen molar-refractivity contribution < 1.29 is 59.2 Å². The molecule has 78 heavy (non-hydrogen) atoms. The van der Waals surface area contributed by atoms with E-state index in [0.717, 1.165) is 48.8 Å². The number of Topliss-reactive ketones (excluding diaryl/α,β-unsaturated/α-hetero) is 1. The highest BCUT2D eigenvalue weighted by Gasteiger charge is 2.62. The second-order valence-electron chi connectivity index (χ2n) is 24.4. The summed E-state index contributed by atoms with van der Waals surface area (Å²) in [7, 11) is 3.25. The van der Waals surface area contributed by atoms with Gasteiger partial charge in [-0.05, 0) is 159 Å². The Morgan fingerprint density at radius 1 is 0.897 bits per heavy atom. The highest BCUT2D eigenvalue weighted by Crippen LogP contribution is 2.58. The van der Waals surface area contributed by atoms with Gasteiger partial charge in [-0.25, -0.2) is 4.79 Å². The summed E-state index contributed by atoms with van der Waals surface area (Å²) in [5.74, 6) is 2.98. The average Bonchev–Trinajstić information content (AvgIpc) is 3.62. The molecule has 11 rings (SSSR count). The SMILES string of the molecule is CNC1CCc2c(NCC(C)(O)C(O)COC)cc(C3C#CC4CC(=O)Oc5c4cc(c(O)c5C4CCCCC4)CC4OC(=O)C(=CC(O)Cc5cccc(c5)CC5C(=O)CCC6C5CC5C=CCCC5C46O)C3)cc2C1O. The maximum Gasteiger partial charge on any atom is 0.334 e. The van der Waals surface area contributed by atoms with Gasteiger partial charge in [0.25, 0.3) is 0 Å². The molecule has 3 aromatic rings. The number of hydrogen-bond donors (Lipinski definition) is 8. The minimum absolute atomic E-state index is 0.0406. The van der Waals surface area contributed by atoms with E-state index < -0.39 is 71.2 Å². The molecule has 0 amide bonds. The van der Waals surface area contributed by atoms with Crippen LogP contribution in [-0.4, -0.2) is 111 Å². The molecule has 14 unspecified atom stereocenters. The Labute approximate surface area is 458 Å². The largest absolute Gasteiger partial charge is 0.507 e. The Hall–Kier alpha value is -5.37. The molecule has 3 heterocycles. The zero-order valence-corrected chi connectivity index (χ0v) is 45.3. The lowest BCUT2D eigenvalue weighted by atomic mass is 9.49. The third kappa shape index (κ3) is 10.4. The van der Waals surface area contributed by atoms with E-state index in [2.05, 4.69) is 34.6 Å². The maximum absolute atomic E-state index is 15.9. The van der Waals surface area contributed by atoms with E-state index in [1.165, 1.54) is 20.1 Å². The highest BCUT2D eigenvalue weighted by atomic mass is 16.6. The zero-order chi connectivity index (χ0) is 54.6. The Bertz CT molecular complexity index is 2930. The van der Waals surface area contributed by atoms with Gasteiger partial charge in [0.05, 0.1) is 31.2 Å². The summed E-state index contributed by atoms with van der Waals surface area (Å²) >= 11 is 0. The molecule has 3 aliphatic heterocycles. The standard InChI is InChI=1S/C64H78N2O12/c1-63(74,55(69)33-76-3)34-66-53-30-41(28-49-45(53)18-20-52(65-2)60(49)72)38-16-17-39-32-57(70)78-61-46(39)29-42(59(71)58(61)37-12-5-4-6-13-37)31-56-64(75)50-15-8-7-14-40(50)27-47-48(54(68)21-19-51(47)64)24-36-11-9-10-35(22-36)23-44(67)26-43(25-38)62(73)77-56/h7,9-11,14,22,26,28-30,37-40,44,47-48,50-52,55-56,60,65-67,69,71-72,74-75H,4-6,8,12-13,15,18-21,23-25,27,31-34H2,1-3H3. The van der Waals surface area contributed by atoms with Crippen LogP contribution >= 0.6 is 0 Å². The van der Waals surface area contributed by atoms with Crippen LogP contribution in [0.2, 0.25) is 0 Å². The number of fused-ring (bicyclic) bond motifs is 10. The number of hydrogen-bond acceptors (Lipinski definition) is 14. The number of phenols is 1. The number of carbonyl (C=O) groups is 3. The van der Waals surface area contributed by atoms with Crippen molar-refractivity contribution in [3.63, 3.8) is 0 Å². The van der Waals surface area contributed by atoms with E-state index in [-0.39, 0.29) is 92.1 Å². The zero-order valence-electron chi connectivity index (χ0n) is 45.3. The fourth-order valence-electron chi connectivity index (χ4n) is 15.4. The van der Waals surface area contributed by atoms with Crippen molar-refractivity contribution in [3.05, 3.63) is 111 Å². The molecule has 3 saturated carbocycles. The van der Waals surface area contributed by atoms with E-state index in [9.17, 15) is 40.2 Å². The number of carbonyl (C=O) groups excluding carboxylic acids is 3. The van der Waals surface area contributed by atoms with Gasteiger partial charge in [0.15, 0.2) is 0 Å². The first-order valence-electron chi connectivity index (χ1n) is 28.9. The van der Waals surface area contributed by atoms with Crippen LogP contribution in [0.3, 0.4) is 0 Å². The molecule has 8 aliphatic rings. The van der Waals surface area contributed by atoms with Crippen LogP contribution in [0, 0.1) is 41.4 Å². The smallest absolute Gasteiger partial charge is 0.334 e. The van der Waals surface area contributed by atoms with E-state index in [4.69, 9.17) is 14.2 Å². The third-order valence-electron chi connectivity index (χ3n) is 19.5. The van der Waals surface area contributed by atoms with E-state index in [1.807, 2.05) is 42.5 Å². The Morgan fingerprint density at radius 3 is 2.46 bits per heavy atom.